The van der Waals surface area contributed by atoms with Crippen molar-refractivity contribution in [2.45, 2.75) is 115 Å². The van der Waals surface area contributed by atoms with E-state index in [1.54, 1.807) is 0 Å². The van der Waals surface area contributed by atoms with Crippen molar-refractivity contribution in [1.29, 1.82) is 0 Å². The van der Waals surface area contributed by atoms with Crippen LogP contribution in [0.5, 0.6) is 0 Å². The molecule has 0 aromatic carbocycles. The third-order valence-corrected chi connectivity index (χ3v) is 11.9. The summed E-state index contributed by atoms with van der Waals surface area (Å²) in [5.74, 6) is 0.277. The first-order chi connectivity index (χ1) is 16.4. The zero-order chi connectivity index (χ0) is 25.9. The van der Waals surface area contributed by atoms with E-state index in [9.17, 15) is 30.6 Å². The van der Waals surface area contributed by atoms with Gasteiger partial charge in [0, 0.05) is 11.3 Å². The highest BCUT2D eigenvalue weighted by Gasteiger charge is 2.74. The second-order valence-electron chi connectivity index (χ2n) is 13.2. The van der Waals surface area contributed by atoms with Crippen molar-refractivity contribution in [1.82, 2.24) is 0 Å². The molecule has 5 unspecified atom stereocenters. The van der Waals surface area contributed by atoms with E-state index in [-0.39, 0.29) is 29.8 Å². The van der Waals surface area contributed by atoms with Crippen LogP contribution in [0.2, 0.25) is 0 Å². The molecule has 0 saturated heterocycles. The normalized spacial score (nSPS) is 51.1. The molecule has 0 heterocycles. The largest absolute Gasteiger partial charge is 0.396 e. The maximum atomic E-state index is 12.3. The fourth-order valence-electron chi connectivity index (χ4n) is 9.78. The van der Waals surface area contributed by atoms with E-state index in [1.165, 1.54) is 0 Å². The molecule has 13 atom stereocenters. The molecule has 6 N–H and O–H groups in total. The highest BCUT2D eigenvalue weighted by atomic mass is 16.4. The lowest BCUT2D eigenvalue weighted by atomic mass is 9.43. The third-order valence-electron chi connectivity index (χ3n) is 11.9. The van der Waals surface area contributed by atoms with Crippen LogP contribution in [0, 0.1) is 46.3 Å². The molecule has 0 aromatic rings. The first kappa shape index (κ1) is 27.5. The van der Waals surface area contributed by atoms with Gasteiger partial charge in [-0.2, -0.15) is 0 Å². The molecule has 6 heteroatoms. The zero-order valence-electron chi connectivity index (χ0n) is 22.2. The molecule has 0 bridgehead atoms. The predicted octanol–water partition coefficient (Wildman–Crippen LogP) is 3.02. The van der Waals surface area contributed by atoms with Crippen molar-refractivity contribution >= 4 is 0 Å². The molecule has 0 aliphatic heterocycles. The second kappa shape index (κ2) is 9.67. The topological polar surface area (TPSA) is 121 Å². The maximum Gasteiger partial charge on any atom is 0.110 e. The number of rotatable bonds is 7. The lowest BCUT2D eigenvalue weighted by Crippen LogP contribution is -2.63. The van der Waals surface area contributed by atoms with Gasteiger partial charge >= 0.3 is 0 Å². The van der Waals surface area contributed by atoms with E-state index in [2.05, 4.69) is 20.4 Å². The Labute approximate surface area is 211 Å². The summed E-state index contributed by atoms with van der Waals surface area (Å²) >= 11 is 0. The van der Waals surface area contributed by atoms with Crippen LogP contribution in [0.4, 0.5) is 0 Å². The minimum absolute atomic E-state index is 0.0595. The summed E-state index contributed by atoms with van der Waals surface area (Å²) in [7, 11) is 0. The first-order valence-corrected chi connectivity index (χ1v) is 14.1. The Hall–Kier alpha value is -0.500. The van der Waals surface area contributed by atoms with Gasteiger partial charge in [-0.05, 0) is 99.7 Å². The van der Waals surface area contributed by atoms with Crippen molar-refractivity contribution in [3.63, 3.8) is 0 Å². The van der Waals surface area contributed by atoms with Crippen LogP contribution in [0.25, 0.3) is 0 Å². The van der Waals surface area contributed by atoms with Gasteiger partial charge in [-0.25, -0.2) is 0 Å². The van der Waals surface area contributed by atoms with Crippen LogP contribution in [-0.2, 0) is 0 Å². The van der Waals surface area contributed by atoms with Gasteiger partial charge in [0.25, 0.3) is 0 Å². The second-order valence-corrected chi connectivity index (χ2v) is 13.2. The molecule has 4 aliphatic rings. The van der Waals surface area contributed by atoms with Gasteiger partial charge in [0.2, 0.25) is 0 Å². The lowest BCUT2D eigenvalue weighted by Gasteiger charge is -2.62. The van der Waals surface area contributed by atoms with Crippen molar-refractivity contribution in [3.8, 4) is 0 Å². The van der Waals surface area contributed by atoms with Crippen LogP contribution in [-0.4, -0.2) is 67.3 Å². The standard InChI is InChI=1S/C29H50O6/c1-6-18(16(2)3)8-7-17(4)29(35)26(34)25(33)24-20-10-9-19-13-22(31)23(32)14-27(19,5)21(20)11-12-28(24,29)15-30/h17-26,30-35H,2,6-15H2,1,3-5H3/t17-,18-,19?,20-,21+,22?,23?,24-,25?,26?,27+,28-,29-/m1/s1. The van der Waals surface area contributed by atoms with Crippen LogP contribution in [0.15, 0.2) is 12.2 Å². The highest BCUT2D eigenvalue weighted by molar-refractivity contribution is 5.23. The van der Waals surface area contributed by atoms with E-state index in [0.717, 1.165) is 37.7 Å². The SMILES string of the molecule is C=C(C)[C@H](CC)CC[C@@H](C)[C@@]1(O)C(O)C(O)[C@H]2[C@@H]3CCC4CC(O)C(O)C[C@]4(C)[C@H]3CC[C@@]21CO. The molecule has 4 saturated carbocycles. The van der Waals surface area contributed by atoms with Gasteiger partial charge in [0.1, 0.15) is 11.7 Å². The maximum absolute atomic E-state index is 12.3. The van der Waals surface area contributed by atoms with Crippen molar-refractivity contribution in [3.05, 3.63) is 12.2 Å². The molecule has 202 valence electrons. The molecular formula is C29H50O6. The fraction of sp³-hybridized carbons (Fsp3) is 0.931. The fourth-order valence-corrected chi connectivity index (χ4v) is 9.78. The zero-order valence-corrected chi connectivity index (χ0v) is 22.2. The summed E-state index contributed by atoms with van der Waals surface area (Å²) in [5, 5.41) is 66.9. The summed E-state index contributed by atoms with van der Waals surface area (Å²) < 4.78 is 0. The molecule has 0 amide bonds. The molecule has 35 heavy (non-hydrogen) atoms. The average Bonchev–Trinajstić information content (AvgIpc) is 2.99. The van der Waals surface area contributed by atoms with Crippen LogP contribution < -0.4 is 0 Å². The molecule has 0 spiro atoms. The van der Waals surface area contributed by atoms with Gasteiger partial charge in [-0.3, -0.25) is 0 Å². The monoisotopic (exact) mass is 494 g/mol. The van der Waals surface area contributed by atoms with E-state index in [0.29, 0.717) is 37.5 Å². The van der Waals surface area contributed by atoms with Crippen LogP contribution in [0.1, 0.15) is 85.5 Å². The smallest absolute Gasteiger partial charge is 0.110 e. The minimum Gasteiger partial charge on any atom is -0.396 e. The van der Waals surface area contributed by atoms with Gasteiger partial charge in [-0.1, -0.05) is 32.9 Å². The quantitative estimate of drug-likeness (QED) is 0.303. The van der Waals surface area contributed by atoms with E-state index < -0.39 is 41.3 Å². The Morgan fingerprint density at radius 2 is 1.74 bits per heavy atom. The molecule has 4 fully saturated rings. The van der Waals surface area contributed by atoms with Crippen molar-refractivity contribution in [2.24, 2.45) is 46.3 Å². The Bertz CT molecular complexity index is 787. The summed E-state index contributed by atoms with van der Waals surface area (Å²) in [6.45, 7) is 12.2. The highest BCUT2D eigenvalue weighted by Crippen LogP contribution is 2.69. The Balaban J connectivity index is 1.65. The lowest BCUT2D eigenvalue weighted by molar-refractivity contribution is -0.218. The Morgan fingerprint density at radius 1 is 1.06 bits per heavy atom. The number of fused-ring (bicyclic) bond motifs is 5. The predicted molar refractivity (Wildman–Crippen MR) is 135 cm³/mol. The molecule has 0 aromatic heterocycles. The van der Waals surface area contributed by atoms with Gasteiger partial charge < -0.3 is 30.6 Å². The van der Waals surface area contributed by atoms with Gasteiger partial charge in [0.15, 0.2) is 0 Å². The summed E-state index contributed by atoms with van der Waals surface area (Å²) in [4.78, 5) is 0. The van der Waals surface area contributed by atoms with Crippen LogP contribution >= 0.6 is 0 Å². The molecule has 4 aliphatic carbocycles. The summed E-state index contributed by atoms with van der Waals surface area (Å²) in [6.07, 6.45) is 2.93. The minimum atomic E-state index is -1.57. The molecular weight excluding hydrogens is 444 g/mol. The van der Waals surface area contributed by atoms with E-state index >= 15 is 0 Å². The Kier molecular flexibility index (Phi) is 7.60. The molecule has 6 nitrogen and oxygen atoms in total. The van der Waals surface area contributed by atoms with Crippen molar-refractivity contribution < 1.29 is 30.6 Å². The van der Waals surface area contributed by atoms with E-state index in [4.69, 9.17) is 0 Å². The van der Waals surface area contributed by atoms with E-state index in [1.807, 2.05) is 13.8 Å². The van der Waals surface area contributed by atoms with Crippen LogP contribution in [0.3, 0.4) is 0 Å². The van der Waals surface area contributed by atoms with Gasteiger partial charge in [-0.15, -0.1) is 0 Å². The number of aliphatic hydroxyl groups is 6. The number of hydrogen-bond donors (Lipinski definition) is 6. The first-order valence-electron chi connectivity index (χ1n) is 14.1. The molecule has 4 rings (SSSR count). The average molecular weight is 495 g/mol. The Morgan fingerprint density at radius 3 is 2.34 bits per heavy atom. The molecule has 0 radical (unpaired) electrons. The summed E-state index contributed by atoms with van der Waals surface area (Å²) in [5.41, 5.74) is -1.55. The van der Waals surface area contributed by atoms with Crippen molar-refractivity contribution in [2.75, 3.05) is 6.61 Å². The third kappa shape index (κ3) is 3.88. The number of aliphatic hydroxyl groups excluding tert-OH is 5. The number of allylic oxidation sites excluding steroid dienone is 1. The number of hydrogen-bond acceptors (Lipinski definition) is 6. The summed E-state index contributed by atoms with van der Waals surface area (Å²) in [6, 6.07) is 0. The van der Waals surface area contributed by atoms with Gasteiger partial charge in [0.05, 0.1) is 24.9 Å².